The molecular weight excluding hydrogens is 222 g/mol. The van der Waals surface area contributed by atoms with Gasteiger partial charge in [-0.1, -0.05) is 0 Å². The zero-order valence-corrected chi connectivity index (χ0v) is 8.52. The number of carboxylic acid groups (broad SMARTS) is 1. The molecule has 7 heteroatoms. The third kappa shape index (κ3) is 3.17. The molecule has 1 amide bonds. The van der Waals surface area contributed by atoms with Gasteiger partial charge in [0.25, 0.3) is 0 Å². The van der Waals surface area contributed by atoms with E-state index in [9.17, 15) is 9.59 Å². The summed E-state index contributed by atoms with van der Waals surface area (Å²) in [6, 6.07) is 1.42. The summed E-state index contributed by atoms with van der Waals surface area (Å²) in [6.07, 6.45) is 1.36. The van der Waals surface area contributed by atoms with Crippen LogP contribution in [0.3, 0.4) is 0 Å². The first-order valence-corrected chi connectivity index (χ1v) is 4.40. The zero-order valence-electron chi connectivity index (χ0n) is 7.77. The van der Waals surface area contributed by atoms with Crippen LogP contribution in [0.2, 0.25) is 5.28 Å². The first-order chi connectivity index (χ1) is 7.00. The van der Waals surface area contributed by atoms with E-state index in [1.165, 1.54) is 19.2 Å². The minimum atomic E-state index is -1.20. The number of hydrogen-bond donors (Lipinski definition) is 2. The largest absolute Gasteiger partial charge is 0.481 e. The van der Waals surface area contributed by atoms with Crippen LogP contribution in [-0.4, -0.2) is 27.0 Å². The molecule has 0 aliphatic carbocycles. The predicted molar refractivity (Wildman–Crippen MR) is 52.5 cm³/mol. The number of nitrogens with zero attached hydrogens (tertiary/aromatic N) is 2. The molecule has 15 heavy (non-hydrogen) atoms. The monoisotopic (exact) mass is 229 g/mol. The van der Waals surface area contributed by atoms with Crippen LogP contribution in [0.15, 0.2) is 12.3 Å². The molecule has 0 radical (unpaired) electrons. The SMILES string of the molecule is CC(C(=O)O)C(=O)Nc1ccnc(Cl)n1. The molecule has 6 nitrogen and oxygen atoms in total. The Balaban J connectivity index is 2.70. The van der Waals surface area contributed by atoms with Gasteiger partial charge in [-0.05, 0) is 24.6 Å². The lowest BCUT2D eigenvalue weighted by Crippen LogP contribution is -2.27. The van der Waals surface area contributed by atoms with E-state index in [0.717, 1.165) is 0 Å². The average molecular weight is 230 g/mol. The third-order valence-corrected chi connectivity index (χ3v) is 1.82. The van der Waals surface area contributed by atoms with Gasteiger partial charge in [0.1, 0.15) is 11.7 Å². The Morgan fingerprint density at radius 2 is 2.27 bits per heavy atom. The smallest absolute Gasteiger partial charge is 0.315 e. The van der Waals surface area contributed by atoms with Gasteiger partial charge in [-0.15, -0.1) is 0 Å². The number of halogens is 1. The van der Waals surface area contributed by atoms with Crippen molar-refractivity contribution in [1.82, 2.24) is 9.97 Å². The normalized spacial score (nSPS) is 11.9. The van der Waals surface area contributed by atoms with E-state index in [2.05, 4.69) is 15.3 Å². The first kappa shape index (κ1) is 11.4. The molecule has 1 aromatic rings. The van der Waals surface area contributed by atoms with Crippen LogP contribution in [0.25, 0.3) is 0 Å². The van der Waals surface area contributed by atoms with Crippen molar-refractivity contribution in [1.29, 1.82) is 0 Å². The highest BCUT2D eigenvalue weighted by molar-refractivity contribution is 6.28. The van der Waals surface area contributed by atoms with Crippen LogP contribution in [0, 0.1) is 5.92 Å². The number of carbonyl (C=O) groups excluding carboxylic acids is 1. The summed E-state index contributed by atoms with van der Waals surface area (Å²) in [4.78, 5) is 29.0. The fourth-order valence-corrected chi connectivity index (χ4v) is 0.899. The van der Waals surface area contributed by atoms with Crippen LogP contribution < -0.4 is 5.32 Å². The highest BCUT2D eigenvalue weighted by Gasteiger charge is 2.20. The Bertz CT molecular complexity index is 396. The molecule has 0 aromatic carbocycles. The lowest BCUT2D eigenvalue weighted by Gasteiger charge is -2.06. The van der Waals surface area contributed by atoms with E-state index in [4.69, 9.17) is 16.7 Å². The first-order valence-electron chi connectivity index (χ1n) is 4.03. The molecule has 0 saturated heterocycles. The molecule has 0 saturated carbocycles. The molecule has 0 bridgehead atoms. The van der Waals surface area contributed by atoms with Gasteiger partial charge in [0.05, 0.1) is 0 Å². The highest BCUT2D eigenvalue weighted by atomic mass is 35.5. The van der Waals surface area contributed by atoms with Crippen LogP contribution in [0.4, 0.5) is 5.82 Å². The number of anilines is 1. The third-order valence-electron chi connectivity index (χ3n) is 1.64. The maximum absolute atomic E-state index is 11.3. The number of aliphatic carboxylic acids is 1. The Kier molecular flexibility index (Phi) is 3.56. The second kappa shape index (κ2) is 4.70. The fraction of sp³-hybridized carbons (Fsp3) is 0.250. The van der Waals surface area contributed by atoms with Crippen molar-refractivity contribution in [2.24, 2.45) is 5.92 Å². The Morgan fingerprint density at radius 3 is 2.80 bits per heavy atom. The van der Waals surface area contributed by atoms with Crippen molar-refractivity contribution in [2.75, 3.05) is 5.32 Å². The molecule has 1 aromatic heterocycles. The van der Waals surface area contributed by atoms with Crippen molar-refractivity contribution in [3.63, 3.8) is 0 Å². The molecule has 1 unspecified atom stereocenters. The summed E-state index contributed by atoms with van der Waals surface area (Å²) in [5, 5.41) is 10.9. The summed E-state index contributed by atoms with van der Waals surface area (Å²) in [5.74, 6) is -2.82. The maximum Gasteiger partial charge on any atom is 0.315 e. The van der Waals surface area contributed by atoms with Gasteiger partial charge >= 0.3 is 5.97 Å². The van der Waals surface area contributed by atoms with Crippen LogP contribution in [-0.2, 0) is 9.59 Å². The molecule has 0 spiro atoms. The summed E-state index contributed by atoms with van der Waals surface area (Å²) in [7, 11) is 0. The number of carboxylic acids is 1. The van der Waals surface area contributed by atoms with E-state index >= 15 is 0 Å². The second-order valence-electron chi connectivity index (χ2n) is 2.76. The minimum Gasteiger partial charge on any atom is -0.481 e. The average Bonchev–Trinajstić information content (AvgIpc) is 2.16. The molecule has 80 valence electrons. The number of amides is 1. The molecule has 0 fully saturated rings. The number of carbonyl (C=O) groups is 2. The van der Waals surface area contributed by atoms with Crippen molar-refractivity contribution in [3.05, 3.63) is 17.5 Å². The van der Waals surface area contributed by atoms with Crippen molar-refractivity contribution >= 4 is 29.3 Å². The molecular formula is C8H8ClN3O3. The summed E-state index contributed by atoms with van der Waals surface area (Å²) < 4.78 is 0. The van der Waals surface area contributed by atoms with Crippen LogP contribution in [0.1, 0.15) is 6.92 Å². The van der Waals surface area contributed by atoms with Gasteiger partial charge in [-0.2, -0.15) is 0 Å². The number of hydrogen-bond acceptors (Lipinski definition) is 4. The molecule has 1 heterocycles. The molecule has 1 atom stereocenters. The topological polar surface area (TPSA) is 92.2 Å². The van der Waals surface area contributed by atoms with E-state index in [0.29, 0.717) is 0 Å². The van der Waals surface area contributed by atoms with Crippen molar-refractivity contribution < 1.29 is 14.7 Å². The van der Waals surface area contributed by atoms with E-state index in [-0.39, 0.29) is 11.1 Å². The van der Waals surface area contributed by atoms with Crippen molar-refractivity contribution in [2.45, 2.75) is 6.92 Å². The Hall–Kier alpha value is -1.69. The Morgan fingerprint density at radius 1 is 1.60 bits per heavy atom. The summed E-state index contributed by atoms with van der Waals surface area (Å²) >= 11 is 5.48. The van der Waals surface area contributed by atoms with Crippen LogP contribution in [0.5, 0.6) is 0 Å². The van der Waals surface area contributed by atoms with Gasteiger partial charge in [0.2, 0.25) is 11.2 Å². The highest BCUT2D eigenvalue weighted by Crippen LogP contribution is 2.07. The number of aromatic nitrogens is 2. The number of nitrogens with one attached hydrogen (secondary N) is 1. The lowest BCUT2D eigenvalue weighted by atomic mass is 10.2. The number of rotatable bonds is 3. The summed E-state index contributed by atoms with van der Waals surface area (Å²) in [6.45, 7) is 1.28. The predicted octanol–water partition coefficient (Wildman–Crippen LogP) is 0.789. The zero-order chi connectivity index (χ0) is 11.4. The van der Waals surface area contributed by atoms with Gasteiger partial charge in [0.15, 0.2) is 0 Å². The molecule has 1 rings (SSSR count). The lowest BCUT2D eigenvalue weighted by molar-refractivity contribution is -0.144. The molecule has 0 aliphatic rings. The van der Waals surface area contributed by atoms with Gasteiger partial charge in [-0.25, -0.2) is 9.97 Å². The molecule has 0 aliphatic heterocycles. The van der Waals surface area contributed by atoms with Gasteiger partial charge < -0.3 is 10.4 Å². The van der Waals surface area contributed by atoms with E-state index in [1.54, 1.807) is 0 Å². The second-order valence-corrected chi connectivity index (χ2v) is 3.10. The van der Waals surface area contributed by atoms with E-state index in [1.807, 2.05) is 0 Å². The van der Waals surface area contributed by atoms with Gasteiger partial charge in [-0.3, -0.25) is 9.59 Å². The maximum atomic E-state index is 11.3. The quantitative estimate of drug-likeness (QED) is 0.591. The van der Waals surface area contributed by atoms with Crippen LogP contribution >= 0.6 is 11.6 Å². The molecule has 2 N–H and O–H groups in total. The van der Waals surface area contributed by atoms with Crippen molar-refractivity contribution in [3.8, 4) is 0 Å². The Labute approximate surface area is 90.3 Å². The standard InChI is InChI=1S/C8H8ClN3O3/c1-4(7(14)15)6(13)11-5-2-3-10-8(9)12-5/h2-4H,1H3,(H,14,15)(H,10,11,12,13). The fourth-order valence-electron chi connectivity index (χ4n) is 0.751. The van der Waals surface area contributed by atoms with Gasteiger partial charge in [0, 0.05) is 6.20 Å². The van der Waals surface area contributed by atoms with E-state index < -0.39 is 17.8 Å². The summed E-state index contributed by atoms with van der Waals surface area (Å²) in [5.41, 5.74) is 0. The minimum absolute atomic E-state index is 0.0178.